The fraction of sp³-hybridized carbons (Fsp3) is 0.500. The average Bonchev–Trinajstić information content (AvgIpc) is 1.86. The van der Waals surface area contributed by atoms with E-state index < -0.39 is 5.92 Å². The van der Waals surface area contributed by atoms with Crippen LogP contribution in [0.4, 0.5) is 8.78 Å². The van der Waals surface area contributed by atoms with E-state index >= 15 is 0 Å². The van der Waals surface area contributed by atoms with Gasteiger partial charge in [0.2, 0.25) is 0 Å². The topological polar surface area (TPSA) is 0 Å². The molecule has 1 aliphatic rings. The summed E-state index contributed by atoms with van der Waals surface area (Å²) in [7, 11) is 0. The summed E-state index contributed by atoms with van der Waals surface area (Å²) in [6.45, 7) is 0.897. The maximum Gasteiger partial charge on any atom is 0.266 e. The Morgan fingerprint density at radius 1 is 1.55 bits per heavy atom. The van der Waals surface area contributed by atoms with Crippen molar-refractivity contribution in [3.05, 3.63) is 22.8 Å². The van der Waals surface area contributed by atoms with Gasteiger partial charge in [-0.15, -0.1) is 0 Å². The predicted octanol–water partition coefficient (Wildman–Crippen LogP) is 3.48. The van der Waals surface area contributed by atoms with Crippen molar-refractivity contribution in [1.29, 1.82) is 0 Å². The molecule has 0 aliphatic heterocycles. The number of hydrogen-bond donors (Lipinski definition) is 0. The van der Waals surface area contributed by atoms with E-state index in [1.807, 2.05) is 0 Å². The number of halogens is 3. The van der Waals surface area contributed by atoms with E-state index in [4.69, 9.17) is 11.6 Å². The third-order valence-corrected chi connectivity index (χ3v) is 1.89. The molecule has 62 valence electrons. The van der Waals surface area contributed by atoms with Crippen molar-refractivity contribution in [3.63, 3.8) is 0 Å². The van der Waals surface area contributed by atoms with Gasteiger partial charge in [-0.25, -0.2) is 8.78 Å². The number of alkyl halides is 2. The van der Waals surface area contributed by atoms with Crippen molar-refractivity contribution in [2.24, 2.45) is 0 Å². The summed E-state index contributed by atoms with van der Waals surface area (Å²) < 4.78 is 25.3. The molecule has 3 heteroatoms. The van der Waals surface area contributed by atoms with E-state index in [1.165, 1.54) is 6.08 Å². The molecule has 11 heavy (non-hydrogen) atoms. The largest absolute Gasteiger partial charge is 0.266 e. The Bertz CT molecular complexity index is 211. The Morgan fingerprint density at radius 3 is 2.55 bits per heavy atom. The molecule has 0 saturated carbocycles. The molecule has 0 saturated heterocycles. The van der Waals surface area contributed by atoms with E-state index in [-0.39, 0.29) is 5.57 Å². The molecule has 0 spiro atoms. The van der Waals surface area contributed by atoms with Crippen molar-refractivity contribution in [1.82, 2.24) is 0 Å². The van der Waals surface area contributed by atoms with Crippen LogP contribution >= 0.6 is 11.6 Å². The fourth-order valence-corrected chi connectivity index (χ4v) is 1.25. The third kappa shape index (κ3) is 2.29. The first-order valence-electron chi connectivity index (χ1n) is 3.44. The van der Waals surface area contributed by atoms with E-state index in [2.05, 4.69) is 0 Å². The molecular weight excluding hydrogens is 170 g/mol. The zero-order valence-electron chi connectivity index (χ0n) is 6.20. The average molecular weight is 179 g/mol. The fourth-order valence-electron chi connectivity index (χ4n) is 1.01. The Hall–Kier alpha value is -0.370. The zero-order valence-corrected chi connectivity index (χ0v) is 6.96. The molecule has 0 unspecified atom stereocenters. The molecule has 1 rings (SSSR count). The lowest BCUT2D eigenvalue weighted by Crippen LogP contribution is -2.14. The van der Waals surface area contributed by atoms with Gasteiger partial charge in [-0.2, -0.15) is 0 Å². The molecular formula is C8H9ClF2. The van der Waals surface area contributed by atoms with Gasteiger partial charge < -0.3 is 0 Å². The Kier molecular flexibility index (Phi) is 2.33. The van der Waals surface area contributed by atoms with E-state index in [1.54, 1.807) is 6.08 Å². The lowest BCUT2D eigenvalue weighted by Gasteiger charge is -2.16. The predicted molar refractivity (Wildman–Crippen MR) is 41.9 cm³/mol. The summed E-state index contributed by atoms with van der Waals surface area (Å²) in [5.41, 5.74) is 0.130. The van der Waals surface area contributed by atoms with Crippen LogP contribution in [0.15, 0.2) is 22.8 Å². The van der Waals surface area contributed by atoms with Crippen molar-refractivity contribution in [2.75, 3.05) is 0 Å². The van der Waals surface area contributed by atoms with Crippen LogP contribution in [-0.2, 0) is 0 Å². The molecule has 0 nitrogen and oxygen atoms in total. The van der Waals surface area contributed by atoms with Crippen molar-refractivity contribution in [2.45, 2.75) is 25.7 Å². The van der Waals surface area contributed by atoms with Gasteiger partial charge in [0.05, 0.1) is 0 Å². The molecule has 0 amide bonds. The summed E-state index contributed by atoms with van der Waals surface area (Å²) in [6, 6.07) is 0. The monoisotopic (exact) mass is 178 g/mol. The van der Waals surface area contributed by atoms with Gasteiger partial charge in [-0.1, -0.05) is 17.7 Å². The molecule has 0 radical (unpaired) electrons. The van der Waals surface area contributed by atoms with Crippen LogP contribution in [-0.4, -0.2) is 5.92 Å². The van der Waals surface area contributed by atoms with Gasteiger partial charge in [0.25, 0.3) is 5.92 Å². The second-order valence-electron chi connectivity index (χ2n) is 2.69. The quantitative estimate of drug-likeness (QED) is 0.577. The first-order valence-corrected chi connectivity index (χ1v) is 3.82. The second kappa shape index (κ2) is 2.94. The SMILES string of the molecule is CC(F)(F)C1=CC(Cl)=CCC1. The summed E-state index contributed by atoms with van der Waals surface area (Å²) in [5, 5.41) is 0.424. The van der Waals surface area contributed by atoms with Crippen molar-refractivity contribution < 1.29 is 8.78 Å². The van der Waals surface area contributed by atoms with Crippen LogP contribution in [0.2, 0.25) is 0 Å². The second-order valence-corrected chi connectivity index (χ2v) is 3.12. The maximum absolute atomic E-state index is 12.6. The van der Waals surface area contributed by atoms with Crippen LogP contribution in [0.3, 0.4) is 0 Å². The maximum atomic E-state index is 12.6. The number of hydrogen-bond acceptors (Lipinski definition) is 0. The molecule has 0 aromatic heterocycles. The minimum atomic E-state index is -2.71. The number of allylic oxidation sites excluding steroid dienone is 4. The van der Waals surface area contributed by atoms with Gasteiger partial charge in [0.15, 0.2) is 0 Å². The van der Waals surface area contributed by atoms with Crippen LogP contribution in [0.1, 0.15) is 19.8 Å². The first kappa shape index (κ1) is 8.72. The Morgan fingerprint density at radius 2 is 2.18 bits per heavy atom. The Balaban J connectivity index is 2.82. The summed E-state index contributed by atoms with van der Waals surface area (Å²) in [6.07, 6.45) is 4.13. The summed E-state index contributed by atoms with van der Waals surface area (Å²) >= 11 is 5.57. The zero-order chi connectivity index (χ0) is 8.48. The molecule has 0 bridgehead atoms. The lowest BCUT2D eigenvalue weighted by molar-refractivity contribution is 0.0594. The van der Waals surface area contributed by atoms with Crippen LogP contribution in [0.5, 0.6) is 0 Å². The summed E-state index contributed by atoms with van der Waals surface area (Å²) in [5.74, 6) is -2.71. The minimum absolute atomic E-state index is 0.130. The van der Waals surface area contributed by atoms with E-state index in [0.717, 1.165) is 6.92 Å². The third-order valence-electron chi connectivity index (χ3n) is 1.63. The van der Waals surface area contributed by atoms with Gasteiger partial charge in [0.1, 0.15) is 0 Å². The van der Waals surface area contributed by atoms with Crippen LogP contribution < -0.4 is 0 Å². The van der Waals surface area contributed by atoms with Crippen molar-refractivity contribution in [3.8, 4) is 0 Å². The van der Waals surface area contributed by atoms with E-state index in [9.17, 15) is 8.78 Å². The minimum Gasteiger partial charge on any atom is -0.202 e. The van der Waals surface area contributed by atoms with Gasteiger partial charge in [-0.05, 0) is 24.5 Å². The normalized spacial score (nSPS) is 19.3. The van der Waals surface area contributed by atoms with Gasteiger partial charge >= 0.3 is 0 Å². The molecule has 1 aliphatic carbocycles. The highest BCUT2D eigenvalue weighted by Crippen LogP contribution is 2.31. The smallest absolute Gasteiger partial charge is 0.202 e. The molecule has 0 fully saturated rings. The standard InChI is InChI=1S/C8H9ClF2/c1-8(10,11)6-3-2-4-7(9)5-6/h4-5H,2-3H2,1H3. The highest BCUT2D eigenvalue weighted by atomic mass is 35.5. The molecule has 0 heterocycles. The molecule has 0 aromatic carbocycles. The van der Waals surface area contributed by atoms with Gasteiger partial charge in [0, 0.05) is 12.0 Å². The highest BCUT2D eigenvalue weighted by molar-refractivity contribution is 6.31. The van der Waals surface area contributed by atoms with Crippen LogP contribution in [0.25, 0.3) is 0 Å². The lowest BCUT2D eigenvalue weighted by atomic mass is 10.0. The van der Waals surface area contributed by atoms with Gasteiger partial charge in [-0.3, -0.25) is 0 Å². The molecule has 0 N–H and O–H groups in total. The molecule has 0 atom stereocenters. The number of rotatable bonds is 1. The Labute approximate surface area is 69.5 Å². The van der Waals surface area contributed by atoms with Crippen molar-refractivity contribution >= 4 is 11.6 Å². The highest BCUT2D eigenvalue weighted by Gasteiger charge is 2.27. The summed E-state index contributed by atoms with van der Waals surface area (Å²) in [4.78, 5) is 0. The van der Waals surface area contributed by atoms with E-state index in [0.29, 0.717) is 17.9 Å². The van der Waals surface area contributed by atoms with Crippen LogP contribution in [0, 0.1) is 0 Å². The molecule has 0 aromatic rings. The first-order chi connectivity index (χ1) is 5.00.